The van der Waals surface area contributed by atoms with Gasteiger partial charge in [0.1, 0.15) is 17.2 Å². The molecule has 0 amide bonds. The summed E-state index contributed by atoms with van der Waals surface area (Å²) in [5, 5.41) is 26.4. The predicted octanol–water partition coefficient (Wildman–Crippen LogP) is 3.02. The van der Waals surface area contributed by atoms with Gasteiger partial charge in [-0.15, -0.1) is 0 Å². The zero-order chi connectivity index (χ0) is 15.7. The van der Waals surface area contributed by atoms with E-state index in [1.165, 1.54) is 12.1 Å². The molecule has 7 heteroatoms. The van der Waals surface area contributed by atoms with Crippen molar-refractivity contribution >= 4 is 12.2 Å². The minimum absolute atomic E-state index is 0.0285. The Kier molecular flexibility index (Phi) is 3.56. The Labute approximate surface area is 131 Å². The van der Waals surface area contributed by atoms with Crippen molar-refractivity contribution in [3.05, 3.63) is 47.2 Å². The number of hydrogen-bond donors (Lipinski definition) is 3. The van der Waals surface area contributed by atoms with Crippen molar-refractivity contribution in [2.45, 2.75) is 0 Å². The van der Waals surface area contributed by atoms with Gasteiger partial charge in [0.15, 0.2) is 10.6 Å². The minimum atomic E-state index is -0.0925. The molecule has 0 aliphatic heterocycles. The summed E-state index contributed by atoms with van der Waals surface area (Å²) in [5.74, 6) is 0.927. The Balaban J connectivity index is 2.27. The van der Waals surface area contributed by atoms with Crippen LogP contribution in [0, 0.1) is 4.77 Å². The van der Waals surface area contributed by atoms with Crippen LogP contribution in [0.5, 0.6) is 17.2 Å². The number of nitrogens with one attached hydrogen (secondary N) is 1. The number of para-hydroxylation sites is 2. The highest BCUT2D eigenvalue weighted by molar-refractivity contribution is 7.71. The van der Waals surface area contributed by atoms with Crippen LogP contribution in [0.1, 0.15) is 0 Å². The first-order valence-corrected chi connectivity index (χ1v) is 6.86. The molecule has 0 unspecified atom stereocenters. The summed E-state index contributed by atoms with van der Waals surface area (Å²) in [6.45, 7) is 0. The van der Waals surface area contributed by atoms with Crippen LogP contribution >= 0.6 is 12.2 Å². The third-order valence-electron chi connectivity index (χ3n) is 3.22. The van der Waals surface area contributed by atoms with Gasteiger partial charge in [0.2, 0.25) is 0 Å². The Hall–Kier alpha value is -2.80. The van der Waals surface area contributed by atoms with Crippen molar-refractivity contribution in [2.24, 2.45) is 0 Å². The molecule has 1 heterocycles. The van der Waals surface area contributed by atoms with Gasteiger partial charge in [-0.2, -0.15) is 5.10 Å². The monoisotopic (exact) mass is 315 g/mol. The van der Waals surface area contributed by atoms with Gasteiger partial charge in [-0.05, 0) is 36.5 Å². The van der Waals surface area contributed by atoms with E-state index in [1.54, 1.807) is 17.7 Å². The molecule has 0 bridgehead atoms. The van der Waals surface area contributed by atoms with E-state index in [0.717, 1.165) is 0 Å². The Morgan fingerprint density at radius 3 is 2.68 bits per heavy atom. The van der Waals surface area contributed by atoms with E-state index in [-0.39, 0.29) is 11.5 Å². The molecule has 0 fully saturated rings. The van der Waals surface area contributed by atoms with Crippen LogP contribution in [0.2, 0.25) is 0 Å². The van der Waals surface area contributed by atoms with Gasteiger partial charge in [-0.1, -0.05) is 12.1 Å². The van der Waals surface area contributed by atoms with Gasteiger partial charge in [-0.3, -0.25) is 9.67 Å². The zero-order valence-electron chi connectivity index (χ0n) is 11.6. The Morgan fingerprint density at radius 1 is 1.18 bits per heavy atom. The number of phenolic OH excluding ortho intramolecular Hbond substituents is 2. The average molecular weight is 315 g/mol. The summed E-state index contributed by atoms with van der Waals surface area (Å²) in [4.78, 5) is 0. The van der Waals surface area contributed by atoms with Gasteiger partial charge in [0.05, 0.1) is 18.4 Å². The molecule has 0 saturated carbocycles. The molecule has 0 radical (unpaired) electrons. The summed E-state index contributed by atoms with van der Waals surface area (Å²) in [6, 6.07) is 11.6. The lowest BCUT2D eigenvalue weighted by atomic mass is 10.1. The van der Waals surface area contributed by atoms with E-state index >= 15 is 0 Å². The first-order chi connectivity index (χ1) is 10.6. The molecule has 0 saturated heterocycles. The second kappa shape index (κ2) is 5.53. The number of nitrogens with zero attached hydrogens (tertiary/aromatic N) is 2. The normalized spacial score (nSPS) is 10.6. The van der Waals surface area contributed by atoms with Crippen molar-refractivity contribution in [3.63, 3.8) is 0 Å². The first-order valence-electron chi connectivity index (χ1n) is 6.45. The fourth-order valence-electron chi connectivity index (χ4n) is 2.22. The van der Waals surface area contributed by atoms with E-state index in [4.69, 9.17) is 17.0 Å². The molecule has 3 N–H and O–H groups in total. The molecule has 0 aliphatic rings. The van der Waals surface area contributed by atoms with Crippen LogP contribution in [0.25, 0.3) is 17.1 Å². The SMILES string of the molecule is COc1ccccc1-n1c(-c2ccc(O)cc2O)n[nH]c1=S. The Bertz CT molecular complexity index is 886. The predicted molar refractivity (Wildman–Crippen MR) is 84.1 cm³/mol. The molecule has 6 nitrogen and oxygen atoms in total. The number of benzene rings is 2. The topological polar surface area (TPSA) is 83.3 Å². The van der Waals surface area contributed by atoms with Crippen LogP contribution in [0.3, 0.4) is 0 Å². The largest absolute Gasteiger partial charge is 0.508 e. The molecule has 112 valence electrons. The number of hydrogen-bond acceptors (Lipinski definition) is 5. The van der Waals surface area contributed by atoms with E-state index in [2.05, 4.69) is 10.2 Å². The lowest BCUT2D eigenvalue weighted by Crippen LogP contribution is -2.00. The smallest absolute Gasteiger partial charge is 0.200 e. The molecular weight excluding hydrogens is 302 g/mol. The quantitative estimate of drug-likeness (QED) is 0.647. The van der Waals surface area contributed by atoms with E-state index < -0.39 is 0 Å². The number of aromatic hydroxyl groups is 2. The van der Waals surface area contributed by atoms with Crippen LogP contribution in [0.4, 0.5) is 0 Å². The number of methoxy groups -OCH3 is 1. The number of rotatable bonds is 3. The van der Waals surface area contributed by atoms with Crippen LogP contribution in [0.15, 0.2) is 42.5 Å². The van der Waals surface area contributed by atoms with Crippen molar-refractivity contribution in [1.82, 2.24) is 14.8 Å². The summed E-state index contributed by atoms with van der Waals surface area (Å²) in [5.41, 5.74) is 1.14. The lowest BCUT2D eigenvalue weighted by molar-refractivity contribution is 0.413. The average Bonchev–Trinajstić information content (AvgIpc) is 2.88. The fraction of sp³-hybridized carbons (Fsp3) is 0.0667. The van der Waals surface area contributed by atoms with Gasteiger partial charge in [0.25, 0.3) is 0 Å². The van der Waals surface area contributed by atoms with Crippen LogP contribution < -0.4 is 4.74 Å². The van der Waals surface area contributed by atoms with Gasteiger partial charge < -0.3 is 14.9 Å². The Morgan fingerprint density at radius 2 is 1.95 bits per heavy atom. The molecule has 0 atom stereocenters. The van der Waals surface area contributed by atoms with Crippen molar-refractivity contribution in [3.8, 4) is 34.3 Å². The highest BCUT2D eigenvalue weighted by Crippen LogP contribution is 2.34. The molecular formula is C15H13N3O3S. The lowest BCUT2D eigenvalue weighted by Gasteiger charge is -2.12. The standard InChI is InChI=1S/C15H13N3O3S/c1-21-13-5-3-2-4-11(13)18-14(16-17-15(18)22)10-7-6-9(19)8-12(10)20/h2-8,19-20H,1H3,(H,17,22). The molecule has 0 aliphatic carbocycles. The highest BCUT2D eigenvalue weighted by atomic mass is 32.1. The van der Waals surface area contributed by atoms with E-state index in [9.17, 15) is 10.2 Å². The second-order valence-corrected chi connectivity index (χ2v) is 4.95. The summed E-state index contributed by atoms with van der Waals surface area (Å²) in [7, 11) is 1.57. The number of H-pyrrole nitrogens is 1. The van der Waals surface area contributed by atoms with E-state index in [1.807, 2.05) is 24.3 Å². The number of aromatic nitrogens is 3. The molecule has 3 rings (SSSR count). The number of phenols is 2. The molecule has 2 aromatic carbocycles. The fourth-order valence-corrected chi connectivity index (χ4v) is 2.46. The van der Waals surface area contributed by atoms with Crippen molar-refractivity contribution in [2.75, 3.05) is 7.11 Å². The minimum Gasteiger partial charge on any atom is -0.508 e. The second-order valence-electron chi connectivity index (χ2n) is 4.56. The highest BCUT2D eigenvalue weighted by Gasteiger charge is 2.17. The summed E-state index contributed by atoms with van der Waals surface area (Å²) >= 11 is 5.29. The zero-order valence-corrected chi connectivity index (χ0v) is 12.5. The maximum Gasteiger partial charge on any atom is 0.200 e. The van der Waals surface area contributed by atoms with Crippen LogP contribution in [-0.2, 0) is 0 Å². The van der Waals surface area contributed by atoms with Crippen molar-refractivity contribution < 1.29 is 14.9 Å². The summed E-state index contributed by atoms with van der Waals surface area (Å²) in [6.07, 6.45) is 0. The van der Waals surface area contributed by atoms with Gasteiger partial charge in [0, 0.05) is 6.07 Å². The third-order valence-corrected chi connectivity index (χ3v) is 3.49. The van der Waals surface area contributed by atoms with Gasteiger partial charge >= 0.3 is 0 Å². The van der Waals surface area contributed by atoms with Crippen molar-refractivity contribution in [1.29, 1.82) is 0 Å². The van der Waals surface area contributed by atoms with E-state index in [0.29, 0.717) is 27.6 Å². The maximum absolute atomic E-state index is 10.1. The number of aromatic amines is 1. The molecule has 3 aromatic rings. The molecule has 22 heavy (non-hydrogen) atoms. The third kappa shape index (κ3) is 2.31. The maximum atomic E-state index is 10.1. The molecule has 1 aromatic heterocycles. The summed E-state index contributed by atoms with van der Waals surface area (Å²) < 4.78 is 7.39. The first kappa shape index (κ1) is 14.2. The number of ether oxygens (including phenoxy) is 1. The molecule has 0 spiro atoms. The van der Waals surface area contributed by atoms with Gasteiger partial charge in [-0.25, -0.2) is 0 Å². The van der Waals surface area contributed by atoms with Crippen LogP contribution in [-0.4, -0.2) is 32.1 Å².